The molecule has 1 aromatic carbocycles. The third-order valence-corrected chi connectivity index (χ3v) is 6.43. The second-order valence-electron chi connectivity index (χ2n) is 9.56. The van der Waals surface area contributed by atoms with Gasteiger partial charge in [0, 0.05) is 56.6 Å². The van der Waals surface area contributed by atoms with Gasteiger partial charge in [-0.25, -0.2) is 0 Å². The number of hydrogen-bond donors (Lipinski definition) is 1. The summed E-state index contributed by atoms with van der Waals surface area (Å²) < 4.78 is 0. The molecule has 0 saturated carbocycles. The molecule has 2 aromatic rings. The van der Waals surface area contributed by atoms with Crippen molar-refractivity contribution in [3.05, 3.63) is 65.5 Å². The molecular formula is C25H32N4O2. The summed E-state index contributed by atoms with van der Waals surface area (Å²) in [6, 6.07) is 14.1. The van der Waals surface area contributed by atoms with Gasteiger partial charge in [-0.2, -0.15) is 0 Å². The van der Waals surface area contributed by atoms with Gasteiger partial charge in [0.1, 0.15) is 0 Å². The van der Waals surface area contributed by atoms with Crippen LogP contribution in [0.25, 0.3) is 0 Å². The highest BCUT2D eigenvalue weighted by molar-refractivity contribution is 5.95. The van der Waals surface area contributed by atoms with Crippen molar-refractivity contribution in [3.63, 3.8) is 0 Å². The number of likely N-dealkylation sites (tertiary alicyclic amines) is 2. The molecule has 2 aliphatic heterocycles. The minimum absolute atomic E-state index is 0.000901. The Hall–Kier alpha value is -2.73. The van der Waals surface area contributed by atoms with E-state index < -0.39 is 0 Å². The quantitative estimate of drug-likeness (QED) is 0.780. The summed E-state index contributed by atoms with van der Waals surface area (Å²) in [6.45, 7) is 10.4. The molecule has 4 rings (SSSR count). The maximum Gasteiger partial charge on any atom is 0.255 e. The van der Waals surface area contributed by atoms with Crippen molar-refractivity contribution >= 4 is 11.8 Å². The minimum atomic E-state index is -0.177. The van der Waals surface area contributed by atoms with Gasteiger partial charge >= 0.3 is 0 Å². The van der Waals surface area contributed by atoms with Gasteiger partial charge in [0.2, 0.25) is 5.91 Å². The molecule has 31 heavy (non-hydrogen) atoms. The number of aromatic nitrogens is 1. The Morgan fingerprint density at radius 3 is 2.52 bits per heavy atom. The highest BCUT2D eigenvalue weighted by atomic mass is 16.2. The molecule has 3 heterocycles. The summed E-state index contributed by atoms with van der Waals surface area (Å²) in [6.07, 6.45) is 1.64. The molecule has 164 valence electrons. The molecule has 2 fully saturated rings. The average molecular weight is 421 g/mol. The number of aryl methyl sites for hydroxylation is 1. The summed E-state index contributed by atoms with van der Waals surface area (Å²) in [5, 5.41) is 3.13. The topological polar surface area (TPSA) is 65.5 Å². The fourth-order valence-electron chi connectivity index (χ4n) is 4.78. The lowest BCUT2D eigenvalue weighted by atomic mass is 9.71. The predicted molar refractivity (Wildman–Crippen MR) is 120 cm³/mol. The second kappa shape index (κ2) is 8.79. The number of rotatable bonds is 6. The van der Waals surface area contributed by atoms with Crippen LogP contribution in [0.1, 0.15) is 35.5 Å². The van der Waals surface area contributed by atoms with E-state index in [0.717, 1.165) is 25.3 Å². The maximum atomic E-state index is 13.1. The number of carbonyl (C=O) groups is 2. The molecule has 0 bridgehead atoms. The molecular weight excluding hydrogens is 388 g/mol. The van der Waals surface area contributed by atoms with Gasteiger partial charge in [-0.15, -0.1) is 0 Å². The van der Waals surface area contributed by atoms with E-state index in [1.807, 2.05) is 42.2 Å². The summed E-state index contributed by atoms with van der Waals surface area (Å²) in [5.41, 5.74) is 2.58. The molecule has 6 nitrogen and oxygen atoms in total. The van der Waals surface area contributed by atoms with Crippen molar-refractivity contribution in [1.82, 2.24) is 20.1 Å². The average Bonchev–Trinajstić information content (AvgIpc) is 3.11. The largest absolute Gasteiger partial charge is 0.356 e. The van der Waals surface area contributed by atoms with Crippen molar-refractivity contribution in [3.8, 4) is 0 Å². The minimum Gasteiger partial charge on any atom is -0.356 e. The van der Waals surface area contributed by atoms with E-state index in [-0.39, 0.29) is 23.1 Å². The van der Waals surface area contributed by atoms with E-state index in [0.29, 0.717) is 31.1 Å². The lowest BCUT2D eigenvalue weighted by Crippen LogP contribution is -2.64. The van der Waals surface area contributed by atoms with Gasteiger partial charge < -0.3 is 10.2 Å². The van der Waals surface area contributed by atoms with Gasteiger partial charge in [0.05, 0.1) is 11.5 Å². The Bertz CT molecular complexity index is 920. The van der Waals surface area contributed by atoms with Crippen LogP contribution in [0.2, 0.25) is 0 Å². The van der Waals surface area contributed by atoms with Crippen LogP contribution >= 0.6 is 0 Å². The van der Waals surface area contributed by atoms with E-state index in [4.69, 9.17) is 0 Å². The molecule has 0 aliphatic carbocycles. The summed E-state index contributed by atoms with van der Waals surface area (Å²) in [5.74, 6) is 0.430. The third-order valence-electron chi connectivity index (χ3n) is 6.43. The molecule has 2 aliphatic rings. The SMILES string of the molecule is Cc1ccc(C(=O)N2CC3(CN(Cc4ccccc4)CC3C(=O)NCC(C)C)C2)cn1. The van der Waals surface area contributed by atoms with Gasteiger partial charge in [0.15, 0.2) is 0 Å². The Kier molecular flexibility index (Phi) is 6.10. The van der Waals surface area contributed by atoms with Crippen molar-refractivity contribution in [2.24, 2.45) is 17.3 Å². The first kappa shape index (κ1) is 21.5. The van der Waals surface area contributed by atoms with Gasteiger partial charge in [0.25, 0.3) is 5.91 Å². The van der Waals surface area contributed by atoms with Crippen molar-refractivity contribution in [1.29, 1.82) is 0 Å². The van der Waals surface area contributed by atoms with Crippen LogP contribution in [0, 0.1) is 24.2 Å². The first-order valence-electron chi connectivity index (χ1n) is 11.1. The fourth-order valence-corrected chi connectivity index (χ4v) is 4.78. The zero-order valence-electron chi connectivity index (χ0n) is 18.7. The fraction of sp³-hybridized carbons (Fsp3) is 0.480. The van der Waals surface area contributed by atoms with Crippen molar-refractivity contribution < 1.29 is 9.59 Å². The lowest BCUT2D eigenvalue weighted by Gasteiger charge is -2.50. The second-order valence-corrected chi connectivity index (χ2v) is 9.56. The molecule has 6 heteroatoms. The Labute approximate surface area is 184 Å². The predicted octanol–water partition coefficient (Wildman–Crippen LogP) is 2.74. The van der Waals surface area contributed by atoms with Crippen LogP contribution in [0.5, 0.6) is 0 Å². The van der Waals surface area contributed by atoms with Crippen LogP contribution in [-0.2, 0) is 11.3 Å². The normalized spacial score (nSPS) is 20.1. The Balaban J connectivity index is 1.47. The van der Waals surface area contributed by atoms with Gasteiger partial charge in [-0.1, -0.05) is 44.2 Å². The molecule has 1 spiro atoms. The maximum absolute atomic E-state index is 13.1. The Morgan fingerprint density at radius 1 is 1.13 bits per heavy atom. The lowest BCUT2D eigenvalue weighted by molar-refractivity contribution is -0.131. The standard InChI is InChI=1S/C25H32N4O2/c1-18(2)11-27-23(30)22-14-28(13-20-7-5-4-6-8-20)15-25(22)16-29(17-25)24(31)21-10-9-19(3)26-12-21/h4-10,12,18,22H,11,13-17H2,1-3H3,(H,27,30). The summed E-state index contributed by atoms with van der Waals surface area (Å²) >= 11 is 0. The molecule has 1 N–H and O–H groups in total. The number of carbonyl (C=O) groups excluding carboxylic acids is 2. The monoisotopic (exact) mass is 420 g/mol. The van der Waals surface area contributed by atoms with E-state index in [1.165, 1.54) is 5.56 Å². The van der Waals surface area contributed by atoms with E-state index in [2.05, 4.69) is 41.2 Å². The highest BCUT2D eigenvalue weighted by Crippen LogP contribution is 2.45. The van der Waals surface area contributed by atoms with Crippen LogP contribution < -0.4 is 5.32 Å². The van der Waals surface area contributed by atoms with Crippen molar-refractivity contribution in [2.75, 3.05) is 32.7 Å². The van der Waals surface area contributed by atoms with Crippen LogP contribution in [0.4, 0.5) is 0 Å². The number of amides is 2. The molecule has 2 saturated heterocycles. The molecule has 1 atom stereocenters. The molecule has 1 unspecified atom stereocenters. The highest BCUT2D eigenvalue weighted by Gasteiger charge is 2.57. The number of benzene rings is 1. The molecule has 2 amide bonds. The zero-order valence-corrected chi connectivity index (χ0v) is 18.7. The zero-order chi connectivity index (χ0) is 22.0. The number of nitrogens with zero attached hydrogens (tertiary/aromatic N) is 3. The van der Waals surface area contributed by atoms with E-state index >= 15 is 0 Å². The number of hydrogen-bond acceptors (Lipinski definition) is 4. The smallest absolute Gasteiger partial charge is 0.255 e. The summed E-state index contributed by atoms with van der Waals surface area (Å²) in [4.78, 5) is 34.5. The number of nitrogens with one attached hydrogen (secondary N) is 1. The third kappa shape index (κ3) is 4.64. The van der Waals surface area contributed by atoms with E-state index in [1.54, 1.807) is 6.20 Å². The molecule has 1 aromatic heterocycles. The van der Waals surface area contributed by atoms with Gasteiger partial charge in [-0.3, -0.25) is 19.5 Å². The first-order chi connectivity index (χ1) is 14.9. The van der Waals surface area contributed by atoms with Crippen LogP contribution in [0.3, 0.4) is 0 Å². The van der Waals surface area contributed by atoms with Gasteiger partial charge in [-0.05, 0) is 30.5 Å². The molecule has 0 radical (unpaired) electrons. The van der Waals surface area contributed by atoms with Crippen LogP contribution in [0.15, 0.2) is 48.7 Å². The first-order valence-corrected chi connectivity index (χ1v) is 11.1. The summed E-state index contributed by atoms with van der Waals surface area (Å²) in [7, 11) is 0. The number of pyridine rings is 1. The van der Waals surface area contributed by atoms with Crippen molar-refractivity contribution in [2.45, 2.75) is 27.3 Å². The van der Waals surface area contributed by atoms with Crippen LogP contribution in [-0.4, -0.2) is 59.3 Å². The van der Waals surface area contributed by atoms with E-state index in [9.17, 15) is 9.59 Å². The Morgan fingerprint density at radius 2 is 1.87 bits per heavy atom.